The highest BCUT2D eigenvalue weighted by molar-refractivity contribution is 5.39. The van der Waals surface area contributed by atoms with Gasteiger partial charge in [-0.2, -0.15) is 0 Å². The maximum atomic E-state index is 4.60. The van der Waals surface area contributed by atoms with Crippen molar-refractivity contribution < 1.29 is 0 Å². The van der Waals surface area contributed by atoms with Crippen LogP contribution in [0.5, 0.6) is 0 Å². The molecule has 1 unspecified atom stereocenters. The Bertz CT molecular complexity index is 456. The summed E-state index contributed by atoms with van der Waals surface area (Å²) in [6.07, 6.45) is 9.39. The van der Waals surface area contributed by atoms with Gasteiger partial charge in [0.05, 0.1) is 5.69 Å². The fraction of sp³-hybridized carbons (Fsp3) is 0.562. The van der Waals surface area contributed by atoms with Crippen LogP contribution in [-0.4, -0.2) is 15.9 Å². The minimum Gasteiger partial charge on any atom is -0.311 e. The van der Waals surface area contributed by atoms with Crippen LogP contribution in [0.1, 0.15) is 45.2 Å². The van der Waals surface area contributed by atoms with E-state index in [1.165, 1.54) is 25.7 Å². The first kappa shape index (κ1) is 14.1. The summed E-state index contributed by atoms with van der Waals surface area (Å²) in [4.78, 5) is 4.60. The first-order valence-electron chi connectivity index (χ1n) is 7.46. The molecule has 3 nitrogen and oxygen atoms in total. The Morgan fingerprint density at radius 3 is 2.95 bits per heavy atom. The quantitative estimate of drug-likeness (QED) is 0.784. The third kappa shape index (κ3) is 4.06. The normalized spacial score (nSPS) is 12.9. The third-order valence-electron chi connectivity index (χ3n) is 3.70. The molecule has 0 aliphatic heterocycles. The van der Waals surface area contributed by atoms with Gasteiger partial charge < -0.3 is 9.72 Å². The molecule has 0 spiro atoms. The lowest BCUT2D eigenvalue weighted by Crippen LogP contribution is -2.22. The Kier molecular flexibility index (Phi) is 5.40. The van der Waals surface area contributed by atoms with Gasteiger partial charge in [-0.05, 0) is 31.0 Å². The first-order valence-corrected chi connectivity index (χ1v) is 7.46. The van der Waals surface area contributed by atoms with Crippen molar-refractivity contribution in [1.82, 2.24) is 14.7 Å². The molecule has 3 heteroatoms. The molecule has 2 aromatic rings. The molecule has 0 bridgehead atoms. The molecular weight excluding hydrogens is 234 g/mol. The molecule has 0 saturated heterocycles. The zero-order chi connectivity index (χ0) is 13.5. The summed E-state index contributed by atoms with van der Waals surface area (Å²) in [5, 5.41) is 3.55. The lowest BCUT2D eigenvalue weighted by atomic mass is 9.99. The van der Waals surface area contributed by atoms with E-state index >= 15 is 0 Å². The Morgan fingerprint density at radius 2 is 2.21 bits per heavy atom. The van der Waals surface area contributed by atoms with E-state index < -0.39 is 0 Å². The van der Waals surface area contributed by atoms with E-state index in [-0.39, 0.29) is 0 Å². The van der Waals surface area contributed by atoms with Crippen LogP contribution in [0.4, 0.5) is 0 Å². The molecule has 0 aliphatic carbocycles. The zero-order valence-electron chi connectivity index (χ0n) is 12.1. The number of hydrogen-bond donors (Lipinski definition) is 1. The number of imidazole rings is 1. The molecular formula is C16H25N3. The van der Waals surface area contributed by atoms with Crippen LogP contribution in [0.15, 0.2) is 30.6 Å². The van der Waals surface area contributed by atoms with Crippen LogP contribution in [0.2, 0.25) is 0 Å². The molecule has 0 aliphatic rings. The summed E-state index contributed by atoms with van der Waals surface area (Å²) in [5.74, 6) is 0.803. The average molecular weight is 259 g/mol. The second kappa shape index (κ2) is 7.29. The van der Waals surface area contributed by atoms with Gasteiger partial charge in [0.2, 0.25) is 0 Å². The largest absolute Gasteiger partial charge is 0.311 e. The summed E-state index contributed by atoms with van der Waals surface area (Å²) >= 11 is 0. The second-order valence-electron chi connectivity index (χ2n) is 5.25. The van der Waals surface area contributed by atoms with E-state index in [0.717, 1.165) is 30.3 Å². The van der Waals surface area contributed by atoms with E-state index in [1.54, 1.807) is 0 Å². The van der Waals surface area contributed by atoms with Crippen molar-refractivity contribution in [1.29, 1.82) is 0 Å². The maximum Gasteiger partial charge on any atom is 0.137 e. The topological polar surface area (TPSA) is 29.3 Å². The summed E-state index contributed by atoms with van der Waals surface area (Å²) < 4.78 is 2.07. The van der Waals surface area contributed by atoms with Gasteiger partial charge in [0, 0.05) is 18.9 Å². The third-order valence-corrected chi connectivity index (χ3v) is 3.70. The highest BCUT2D eigenvalue weighted by Gasteiger charge is 2.06. The second-order valence-corrected chi connectivity index (χ2v) is 5.25. The van der Waals surface area contributed by atoms with Crippen molar-refractivity contribution >= 4 is 5.65 Å². The fourth-order valence-electron chi connectivity index (χ4n) is 2.42. The summed E-state index contributed by atoms with van der Waals surface area (Å²) in [7, 11) is 0. The predicted octanol–water partition coefficient (Wildman–Crippen LogP) is 3.64. The van der Waals surface area contributed by atoms with Crippen molar-refractivity contribution in [2.24, 2.45) is 5.92 Å². The summed E-state index contributed by atoms with van der Waals surface area (Å²) in [6, 6.07) is 6.10. The molecule has 0 amide bonds. The monoisotopic (exact) mass is 259 g/mol. The first-order chi connectivity index (χ1) is 9.33. The van der Waals surface area contributed by atoms with Crippen LogP contribution in [0.3, 0.4) is 0 Å². The number of nitrogens with zero attached hydrogens (tertiary/aromatic N) is 2. The van der Waals surface area contributed by atoms with Crippen molar-refractivity contribution in [3.05, 3.63) is 36.3 Å². The standard InChI is InChI=1S/C16H25N3/c1-3-5-8-14(4-2)11-17-12-15-13-19-10-7-6-9-16(19)18-15/h6-7,9-10,13-14,17H,3-5,8,11-12H2,1-2H3. The minimum absolute atomic E-state index is 0.803. The van der Waals surface area contributed by atoms with E-state index in [4.69, 9.17) is 0 Å². The molecule has 2 aromatic heterocycles. The number of aromatic nitrogens is 2. The Labute approximate surface area is 116 Å². The summed E-state index contributed by atoms with van der Waals surface area (Å²) in [6.45, 7) is 6.51. The van der Waals surface area contributed by atoms with Gasteiger partial charge in [-0.1, -0.05) is 39.2 Å². The molecule has 1 N–H and O–H groups in total. The minimum atomic E-state index is 0.803. The van der Waals surface area contributed by atoms with Gasteiger partial charge in [-0.25, -0.2) is 4.98 Å². The Balaban J connectivity index is 1.81. The van der Waals surface area contributed by atoms with Crippen LogP contribution in [0, 0.1) is 5.92 Å². The van der Waals surface area contributed by atoms with Gasteiger partial charge in [0.25, 0.3) is 0 Å². The van der Waals surface area contributed by atoms with Crippen LogP contribution in [0.25, 0.3) is 5.65 Å². The smallest absolute Gasteiger partial charge is 0.137 e. The van der Waals surface area contributed by atoms with Gasteiger partial charge >= 0.3 is 0 Å². The number of unbranched alkanes of at least 4 members (excludes halogenated alkanes) is 1. The Hall–Kier alpha value is -1.35. The van der Waals surface area contributed by atoms with E-state index in [0.29, 0.717) is 0 Å². The van der Waals surface area contributed by atoms with E-state index in [1.807, 2.05) is 24.4 Å². The van der Waals surface area contributed by atoms with Gasteiger partial charge in [0.15, 0.2) is 0 Å². The van der Waals surface area contributed by atoms with Gasteiger partial charge in [-0.3, -0.25) is 0 Å². The van der Waals surface area contributed by atoms with E-state index in [2.05, 4.69) is 34.7 Å². The number of nitrogens with one attached hydrogen (secondary N) is 1. The molecule has 19 heavy (non-hydrogen) atoms. The lowest BCUT2D eigenvalue weighted by Gasteiger charge is -2.14. The molecule has 0 saturated carbocycles. The number of pyridine rings is 1. The highest BCUT2D eigenvalue weighted by Crippen LogP contribution is 2.11. The SMILES string of the molecule is CCCCC(CC)CNCc1cn2ccccc2n1. The molecule has 0 fully saturated rings. The fourth-order valence-corrected chi connectivity index (χ4v) is 2.42. The predicted molar refractivity (Wildman–Crippen MR) is 80.2 cm³/mol. The highest BCUT2D eigenvalue weighted by atomic mass is 15.0. The average Bonchev–Trinajstić information content (AvgIpc) is 2.85. The van der Waals surface area contributed by atoms with Crippen molar-refractivity contribution in [3.63, 3.8) is 0 Å². The molecule has 104 valence electrons. The van der Waals surface area contributed by atoms with Gasteiger partial charge in [0.1, 0.15) is 5.65 Å². The zero-order valence-corrected chi connectivity index (χ0v) is 12.1. The van der Waals surface area contributed by atoms with Crippen LogP contribution in [-0.2, 0) is 6.54 Å². The van der Waals surface area contributed by atoms with Crippen LogP contribution >= 0.6 is 0 Å². The van der Waals surface area contributed by atoms with Crippen molar-refractivity contribution in [3.8, 4) is 0 Å². The summed E-state index contributed by atoms with van der Waals surface area (Å²) in [5.41, 5.74) is 2.15. The molecule has 2 heterocycles. The number of rotatable bonds is 8. The van der Waals surface area contributed by atoms with Crippen molar-refractivity contribution in [2.45, 2.75) is 46.1 Å². The molecule has 2 rings (SSSR count). The molecule has 1 atom stereocenters. The number of hydrogen-bond acceptors (Lipinski definition) is 2. The van der Waals surface area contributed by atoms with E-state index in [9.17, 15) is 0 Å². The Morgan fingerprint density at radius 1 is 1.32 bits per heavy atom. The molecule has 0 radical (unpaired) electrons. The van der Waals surface area contributed by atoms with Gasteiger partial charge in [-0.15, -0.1) is 0 Å². The van der Waals surface area contributed by atoms with Crippen molar-refractivity contribution in [2.75, 3.05) is 6.54 Å². The lowest BCUT2D eigenvalue weighted by molar-refractivity contribution is 0.418. The molecule has 0 aromatic carbocycles. The number of fused-ring (bicyclic) bond motifs is 1. The van der Waals surface area contributed by atoms with Crippen LogP contribution < -0.4 is 5.32 Å². The maximum absolute atomic E-state index is 4.60.